The molecule has 0 spiro atoms. The number of sulfonamides is 1. The Balaban J connectivity index is 1.59. The van der Waals surface area contributed by atoms with Crippen LogP contribution in [0.3, 0.4) is 0 Å². The topological polar surface area (TPSA) is 84.2 Å². The molecule has 2 aromatic heterocycles. The summed E-state index contributed by atoms with van der Waals surface area (Å²) in [5.41, 5.74) is 0.832. The number of hydrogen-bond acceptors (Lipinski definition) is 5. The molecule has 9 heteroatoms. The van der Waals surface area contributed by atoms with Gasteiger partial charge in [0.2, 0.25) is 0 Å². The molecule has 0 amide bonds. The van der Waals surface area contributed by atoms with Crippen LogP contribution in [0.1, 0.15) is 11.5 Å². The summed E-state index contributed by atoms with van der Waals surface area (Å²) < 4.78 is 59.7. The van der Waals surface area contributed by atoms with E-state index in [0.717, 1.165) is 23.7 Å². The lowest BCUT2D eigenvalue weighted by molar-refractivity contribution is 0.490. The molecule has 0 unspecified atom stereocenters. The number of pyridine rings is 1. The third-order valence-electron chi connectivity index (χ3n) is 4.42. The molecule has 0 atom stereocenters. The maximum absolute atomic E-state index is 13.5. The summed E-state index contributed by atoms with van der Waals surface area (Å²) in [6, 6.07) is 14.6. The Morgan fingerprint density at radius 2 is 1.83 bits per heavy atom. The van der Waals surface area contributed by atoms with Gasteiger partial charge in [-0.15, -0.1) is 0 Å². The second-order valence-corrected chi connectivity index (χ2v) is 8.30. The van der Waals surface area contributed by atoms with Gasteiger partial charge in [0.05, 0.1) is 22.6 Å². The molecule has 4 aromatic rings. The van der Waals surface area contributed by atoms with Crippen LogP contribution < -0.4 is 10.0 Å². The van der Waals surface area contributed by atoms with Crippen molar-refractivity contribution in [2.24, 2.45) is 0 Å². The Morgan fingerprint density at radius 3 is 2.57 bits per heavy atom. The fraction of sp³-hybridized carbons (Fsp3) is 0.0952. The van der Waals surface area contributed by atoms with Gasteiger partial charge in [-0.2, -0.15) is 0 Å². The first kappa shape index (κ1) is 19.8. The van der Waals surface area contributed by atoms with Crippen molar-refractivity contribution in [3.63, 3.8) is 0 Å². The number of rotatable bonds is 6. The first-order valence-corrected chi connectivity index (χ1v) is 10.5. The second-order valence-electron chi connectivity index (χ2n) is 6.62. The average molecular weight is 429 g/mol. The number of halogens is 2. The quantitative estimate of drug-likeness (QED) is 0.459. The van der Waals surface area contributed by atoms with Gasteiger partial charge in [0.25, 0.3) is 10.0 Å². The van der Waals surface area contributed by atoms with Crippen LogP contribution in [0.15, 0.2) is 70.0 Å². The van der Waals surface area contributed by atoms with Crippen LogP contribution >= 0.6 is 0 Å². The van der Waals surface area contributed by atoms with E-state index in [9.17, 15) is 17.2 Å². The maximum Gasteiger partial charge on any atom is 0.262 e. The lowest BCUT2D eigenvalue weighted by atomic mass is 10.2. The molecular weight excluding hydrogens is 412 g/mol. The van der Waals surface area contributed by atoms with Crippen molar-refractivity contribution in [2.45, 2.75) is 18.4 Å². The van der Waals surface area contributed by atoms with E-state index in [-0.39, 0.29) is 10.6 Å². The lowest BCUT2D eigenvalue weighted by Crippen LogP contribution is -2.13. The van der Waals surface area contributed by atoms with Gasteiger partial charge in [-0.3, -0.25) is 4.72 Å². The smallest absolute Gasteiger partial charge is 0.262 e. The monoisotopic (exact) mass is 429 g/mol. The highest BCUT2D eigenvalue weighted by molar-refractivity contribution is 7.92. The van der Waals surface area contributed by atoms with E-state index in [2.05, 4.69) is 15.0 Å². The number of furan rings is 1. The van der Waals surface area contributed by atoms with Crippen molar-refractivity contribution >= 4 is 32.4 Å². The molecule has 0 aliphatic heterocycles. The van der Waals surface area contributed by atoms with Crippen LogP contribution in [-0.4, -0.2) is 13.4 Å². The number of nitrogens with one attached hydrogen (secondary N) is 2. The zero-order chi connectivity index (χ0) is 21.3. The normalized spacial score (nSPS) is 11.6. The van der Waals surface area contributed by atoms with Gasteiger partial charge < -0.3 is 9.73 Å². The molecule has 0 radical (unpaired) electrons. The van der Waals surface area contributed by atoms with E-state index in [1.54, 1.807) is 30.3 Å². The summed E-state index contributed by atoms with van der Waals surface area (Å²) in [6.45, 7) is 2.31. The number of fused-ring (bicyclic) bond motifs is 1. The Morgan fingerprint density at radius 1 is 1.00 bits per heavy atom. The predicted molar refractivity (Wildman–Crippen MR) is 110 cm³/mol. The molecule has 4 rings (SSSR count). The fourth-order valence-corrected chi connectivity index (χ4v) is 4.04. The van der Waals surface area contributed by atoms with Gasteiger partial charge in [-0.05, 0) is 61.5 Å². The van der Waals surface area contributed by atoms with Crippen molar-refractivity contribution in [1.82, 2.24) is 4.98 Å². The van der Waals surface area contributed by atoms with Gasteiger partial charge >= 0.3 is 0 Å². The second kappa shape index (κ2) is 7.75. The van der Waals surface area contributed by atoms with E-state index in [4.69, 9.17) is 4.42 Å². The van der Waals surface area contributed by atoms with Crippen molar-refractivity contribution in [3.8, 4) is 0 Å². The molecule has 0 aliphatic rings. The van der Waals surface area contributed by atoms with Crippen LogP contribution in [0.5, 0.6) is 0 Å². The minimum absolute atomic E-state index is 0.276. The number of aryl methyl sites for hydroxylation is 1. The zero-order valence-electron chi connectivity index (χ0n) is 15.8. The van der Waals surface area contributed by atoms with Crippen molar-refractivity contribution in [1.29, 1.82) is 0 Å². The number of aromatic nitrogens is 1. The van der Waals surface area contributed by atoms with Crippen molar-refractivity contribution in [3.05, 3.63) is 83.8 Å². The number of benzene rings is 2. The standard InChI is InChI=1S/C21H17F2N3O3S/c1-13-5-6-14(29-13)12-24-21-10-8-16-19(25-21)3-2-4-20(16)26-30(27,28)15-7-9-17(22)18(23)11-15/h2-11,26H,12H2,1H3,(H,24,25). The summed E-state index contributed by atoms with van der Waals surface area (Å²) in [6.07, 6.45) is 0. The van der Waals surface area contributed by atoms with Crippen LogP contribution in [0.4, 0.5) is 20.3 Å². The first-order chi connectivity index (χ1) is 14.3. The number of nitrogens with zero attached hydrogens (tertiary/aromatic N) is 1. The Hall–Kier alpha value is -3.46. The van der Waals surface area contributed by atoms with Gasteiger partial charge in [0.15, 0.2) is 11.6 Å². The highest BCUT2D eigenvalue weighted by Gasteiger charge is 2.18. The van der Waals surface area contributed by atoms with Crippen molar-refractivity contribution in [2.75, 3.05) is 10.0 Å². The minimum atomic E-state index is -4.11. The highest BCUT2D eigenvalue weighted by atomic mass is 32.2. The predicted octanol–water partition coefficient (Wildman–Crippen LogP) is 4.83. The Kier molecular flexibility index (Phi) is 5.13. The fourth-order valence-electron chi connectivity index (χ4n) is 2.95. The molecule has 0 saturated heterocycles. The molecule has 0 bridgehead atoms. The summed E-state index contributed by atoms with van der Waals surface area (Å²) >= 11 is 0. The molecule has 0 fully saturated rings. The molecule has 154 valence electrons. The molecule has 0 saturated carbocycles. The molecule has 2 aromatic carbocycles. The van der Waals surface area contributed by atoms with Gasteiger partial charge in [-0.1, -0.05) is 6.07 Å². The Labute approximate surface area is 171 Å². The number of hydrogen-bond donors (Lipinski definition) is 2. The largest absolute Gasteiger partial charge is 0.465 e. The average Bonchev–Trinajstić information content (AvgIpc) is 3.13. The Bertz CT molecular complexity index is 1340. The molecule has 2 N–H and O–H groups in total. The minimum Gasteiger partial charge on any atom is -0.465 e. The maximum atomic E-state index is 13.5. The van der Waals surface area contributed by atoms with Gasteiger partial charge in [0.1, 0.15) is 17.3 Å². The molecule has 0 aliphatic carbocycles. The first-order valence-electron chi connectivity index (χ1n) is 8.99. The van der Waals surface area contributed by atoms with E-state index in [1.165, 1.54) is 0 Å². The van der Waals surface area contributed by atoms with Crippen LogP contribution in [0, 0.1) is 18.6 Å². The molecule has 2 heterocycles. The SMILES string of the molecule is Cc1ccc(CNc2ccc3c(NS(=O)(=O)c4ccc(F)c(F)c4)cccc3n2)o1. The summed E-state index contributed by atoms with van der Waals surface area (Å²) in [7, 11) is -4.11. The van der Waals surface area contributed by atoms with E-state index < -0.39 is 21.7 Å². The number of anilines is 2. The van der Waals surface area contributed by atoms with E-state index >= 15 is 0 Å². The van der Waals surface area contributed by atoms with Gasteiger partial charge in [0, 0.05) is 5.39 Å². The van der Waals surface area contributed by atoms with E-state index in [0.29, 0.717) is 29.3 Å². The summed E-state index contributed by atoms with van der Waals surface area (Å²) in [5.74, 6) is -0.177. The molecule has 6 nitrogen and oxygen atoms in total. The lowest BCUT2D eigenvalue weighted by Gasteiger charge is -2.12. The summed E-state index contributed by atoms with van der Waals surface area (Å²) in [5, 5.41) is 3.71. The molecular formula is C21H17F2N3O3S. The third-order valence-corrected chi connectivity index (χ3v) is 5.78. The summed E-state index contributed by atoms with van der Waals surface area (Å²) in [4.78, 5) is 4.11. The molecule has 30 heavy (non-hydrogen) atoms. The highest BCUT2D eigenvalue weighted by Crippen LogP contribution is 2.26. The van der Waals surface area contributed by atoms with E-state index in [1.807, 2.05) is 19.1 Å². The zero-order valence-corrected chi connectivity index (χ0v) is 16.6. The third kappa shape index (κ3) is 4.11. The van der Waals surface area contributed by atoms with Crippen LogP contribution in [0.2, 0.25) is 0 Å². The van der Waals surface area contributed by atoms with Crippen molar-refractivity contribution < 1.29 is 21.6 Å². The van der Waals surface area contributed by atoms with Gasteiger partial charge in [-0.25, -0.2) is 22.2 Å². The van der Waals surface area contributed by atoms with Crippen LogP contribution in [0.25, 0.3) is 10.9 Å². The van der Waals surface area contributed by atoms with Crippen LogP contribution in [-0.2, 0) is 16.6 Å².